The molecule has 2 N–H and O–H groups in total. The predicted octanol–water partition coefficient (Wildman–Crippen LogP) is -0.00180. The third-order valence-corrected chi connectivity index (χ3v) is 2.55. The van der Waals surface area contributed by atoms with E-state index < -0.39 is 16.6 Å². The van der Waals surface area contributed by atoms with Crippen molar-refractivity contribution in [2.24, 2.45) is 5.10 Å². The average molecular weight is 251 g/mol. The Labute approximate surface area is 101 Å². The van der Waals surface area contributed by atoms with Crippen molar-refractivity contribution in [3.63, 3.8) is 0 Å². The fourth-order valence-corrected chi connectivity index (χ4v) is 1.46. The van der Waals surface area contributed by atoms with Crippen molar-refractivity contribution < 1.29 is 19.9 Å². The summed E-state index contributed by atoms with van der Waals surface area (Å²) in [6.07, 6.45) is 0. The molecule has 0 aliphatic carbocycles. The molecule has 0 unspecified atom stereocenters. The number of hydrogen-bond acceptors (Lipinski definition) is 6. The van der Waals surface area contributed by atoms with Gasteiger partial charge in [0.15, 0.2) is 0 Å². The molecule has 0 saturated heterocycles. The molecule has 0 spiro atoms. The normalized spacial score (nSPS) is 17.8. The number of nitro groups is 1. The fourth-order valence-electron chi connectivity index (χ4n) is 1.46. The van der Waals surface area contributed by atoms with Crippen LogP contribution in [0.2, 0.25) is 0 Å². The number of benzene rings is 1. The summed E-state index contributed by atoms with van der Waals surface area (Å²) in [5, 5.41) is 33.8. The highest BCUT2D eigenvalue weighted by molar-refractivity contribution is 6.19. The van der Waals surface area contributed by atoms with Crippen molar-refractivity contribution in [2.75, 3.05) is 5.01 Å². The van der Waals surface area contributed by atoms with Crippen molar-refractivity contribution in [1.82, 2.24) is 0 Å². The SMILES string of the molecule is CC1=NN(c2ccc([N+](=O)[O-])cc2)C(=O)C1(O)O. The first-order chi connectivity index (χ1) is 8.34. The lowest BCUT2D eigenvalue weighted by Gasteiger charge is -2.15. The van der Waals surface area contributed by atoms with E-state index in [-0.39, 0.29) is 17.1 Å². The summed E-state index contributed by atoms with van der Waals surface area (Å²) in [6.45, 7) is 1.29. The zero-order chi connectivity index (χ0) is 13.5. The van der Waals surface area contributed by atoms with Crippen LogP contribution in [0.15, 0.2) is 29.4 Å². The lowest BCUT2D eigenvalue weighted by molar-refractivity contribution is -0.384. The number of carbonyl (C=O) groups is 1. The first-order valence-electron chi connectivity index (χ1n) is 4.93. The number of hydrazone groups is 1. The van der Waals surface area contributed by atoms with Gasteiger partial charge in [-0.25, -0.2) is 0 Å². The molecular formula is C10H9N3O5. The number of hydrogen-bond donors (Lipinski definition) is 2. The lowest BCUT2D eigenvalue weighted by atomic mass is 10.2. The van der Waals surface area contributed by atoms with Crippen molar-refractivity contribution in [3.05, 3.63) is 34.4 Å². The zero-order valence-corrected chi connectivity index (χ0v) is 9.27. The Kier molecular flexibility index (Phi) is 2.60. The van der Waals surface area contributed by atoms with E-state index in [1.54, 1.807) is 0 Å². The van der Waals surface area contributed by atoms with E-state index in [1.807, 2.05) is 0 Å². The summed E-state index contributed by atoms with van der Waals surface area (Å²) >= 11 is 0. The number of non-ortho nitro benzene ring substituents is 1. The minimum absolute atomic E-state index is 0.134. The number of carbonyl (C=O) groups excluding carboxylic acids is 1. The topological polar surface area (TPSA) is 116 Å². The lowest BCUT2D eigenvalue weighted by Crippen LogP contribution is -2.45. The van der Waals surface area contributed by atoms with Gasteiger partial charge in [-0.15, -0.1) is 0 Å². The standard InChI is InChI=1S/C10H9N3O5/c1-6-10(15,16)9(14)12(11-6)7-2-4-8(5-3-7)13(17)18/h2-5,15-16H,1H3. The summed E-state index contributed by atoms with van der Waals surface area (Å²) in [6, 6.07) is 4.99. The van der Waals surface area contributed by atoms with Crippen LogP contribution >= 0.6 is 0 Å². The second-order valence-electron chi connectivity index (χ2n) is 3.75. The Balaban J connectivity index is 2.34. The monoisotopic (exact) mass is 251 g/mol. The predicted molar refractivity (Wildman–Crippen MR) is 60.9 cm³/mol. The molecule has 8 heteroatoms. The van der Waals surface area contributed by atoms with Crippen LogP contribution in [0, 0.1) is 10.1 Å². The maximum Gasteiger partial charge on any atom is 0.313 e. The first-order valence-corrected chi connectivity index (χ1v) is 4.93. The van der Waals surface area contributed by atoms with Gasteiger partial charge in [-0.2, -0.15) is 10.1 Å². The van der Waals surface area contributed by atoms with E-state index >= 15 is 0 Å². The molecule has 2 rings (SSSR count). The van der Waals surface area contributed by atoms with Gasteiger partial charge in [-0.3, -0.25) is 14.9 Å². The molecule has 8 nitrogen and oxygen atoms in total. The molecular weight excluding hydrogens is 242 g/mol. The van der Waals surface area contributed by atoms with E-state index in [0.29, 0.717) is 0 Å². The van der Waals surface area contributed by atoms with Gasteiger partial charge in [-0.05, 0) is 19.1 Å². The second-order valence-corrected chi connectivity index (χ2v) is 3.75. The summed E-state index contributed by atoms with van der Waals surface area (Å²) in [7, 11) is 0. The highest BCUT2D eigenvalue weighted by atomic mass is 16.6. The number of nitrogens with zero attached hydrogens (tertiary/aromatic N) is 3. The van der Waals surface area contributed by atoms with Crippen LogP contribution in [-0.2, 0) is 4.79 Å². The summed E-state index contributed by atoms with van der Waals surface area (Å²) in [4.78, 5) is 21.5. The van der Waals surface area contributed by atoms with Gasteiger partial charge in [0.1, 0.15) is 5.71 Å². The van der Waals surface area contributed by atoms with E-state index in [9.17, 15) is 25.1 Å². The Morgan fingerprint density at radius 1 is 1.33 bits per heavy atom. The average Bonchev–Trinajstić information content (AvgIpc) is 2.53. The van der Waals surface area contributed by atoms with E-state index in [1.165, 1.54) is 31.2 Å². The Morgan fingerprint density at radius 3 is 2.28 bits per heavy atom. The van der Waals surface area contributed by atoms with E-state index in [2.05, 4.69) is 5.10 Å². The van der Waals surface area contributed by atoms with Crippen LogP contribution in [-0.4, -0.2) is 32.5 Å². The van der Waals surface area contributed by atoms with E-state index in [0.717, 1.165) is 5.01 Å². The molecule has 18 heavy (non-hydrogen) atoms. The fraction of sp³-hybridized carbons (Fsp3) is 0.200. The molecule has 1 aliphatic heterocycles. The molecule has 0 saturated carbocycles. The molecule has 0 bridgehead atoms. The molecule has 1 aliphatic rings. The van der Waals surface area contributed by atoms with Crippen LogP contribution in [0.1, 0.15) is 6.92 Å². The van der Waals surface area contributed by atoms with Crippen molar-refractivity contribution in [2.45, 2.75) is 12.7 Å². The Hall–Kier alpha value is -2.32. The quantitative estimate of drug-likeness (QED) is 0.436. The van der Waals surface area contributed by atoms with Gasteiger partial charge in [0.25, 0.3) is 11.5 Å². The molecule has 1 aromatic rings. The maximum atomic E-state index is 11.6. The van der Waals surface area contributed by atoms with Gasteiger partial charge in [0.2, 0.25) is 0 Å². The van der Waals surface area contributed by atoms with Crippen molar-refractivity contribution in [3.8, 4) is 0 Å². The molecule has 1 aromatic carbocycles. The van der Waals surface area contributed by atoms with Gasteiger partial charge in [0.05, 0.1) is 10.6 Å². The van der Waals surface area contributed by atoms with Crippen LogP contribution in [0.25, 0.3) is 0 Å². The largest absolute Gasteiger partial charge is 0.354 e. The third-order valence-electron chi connectivity index (χ3n) is 2.55. The molecule has 1 amide bonds. The number of amides is 1. The van der Waals surface area contributed by atoms with Crippen LogP contribution in [0.5, 0.6) is 0 Å². The summed E-state index contributed by atoms with van der Waals surface area (Å²) < 4.78 is 0. The minimum Gasteiger partial charge on any atom is -0.354 e. The van der Waals surface area contributed by atoms with Gasteiger partial charge >= 0.3 is 5.91 Å². The molecule has 0 atom stereocenters. The van der Waals surface area contributed by atoms with Gasteiger partial charge in [-0.1, -0.05) is 0 Å². The van der Waals surface area contributed by atoms with Crippen LogP contribution < -0.4 is 5.01 Å². The summed E-state index contributed by atoms with van der Waals surface area (Å²) in [5.41, 5.74) is -0.0777. The second kappa shape index (κ2) is 3.86. The Morgan fingerprint density at radius 2 is 1.89 bits per heavy atom. The van der Waals surface area contributed by atoms with Crippen molar-refractivity contribution >= 4 is 23.0 Å². The molecule has 94 valence electrons. The number of nitro benzene ring substituents is 1. The molecule has 0 radical (unpaired) electrons. The molecule has 0 aromatic heterocycles. The van der Waals surface area contributed by atoms with Crippen LogP contribution in [0.4, 0.5) is 11.4 Å². The number of anilines is 1. The minimum atomic E-state index is -2.62. The first kappa shape index (κ1) is 12.1. The smallest absolute Gasteiger partial charge is 0.313 e. The van der Waals surface area contributed by atoms with Gasteiger partial charge < -0.3 is 10.2 Å². The highest BCUT2D eigenvalue weighted by Gasteiger charge is 2.47. The van der Waals surface area contributed by atoms with Crippen molar-refractivity contribution in [1.29, 1.82) is 0 Å². The third kappa shape index (κ3) is 1.73. The number of rotatable bonds is 2. The highest BCUT2D eigenvalue weighted by Crippen LogP contribution is 2.26. The maximum absolute atomic E-state index is 11.6. The number of aliphatic hydroxyl groups is 2. The molecule has 1 heterocycles. The zero-order valence-electron chi connectivity index (χ0n) is 9.27. The van der Waals surface area contributed by atoms with Crippen LogP contribution in [0.3, 0.4) is 0 Å². The van der Waals surface area contributed by atoms with Gasteiger partial charge in [0, 0.05) is 12.1 Å². The summed E-state index contributed by atoms with van der Waals surface area (Å²) in [5.74, 6) is -3.64. The van der Waals surface area contributed by atoms with E-state index in [4.69, 9.17) is 0 Å². The molecule has 0 fully saturated rings. The Bertz CT molecular complexity index is 549.